The van der Waals surface area contributed by atoms with E-state index >= 15 is 0 Å². The molecule has 0 aliphatic carbocycles. The molecule has 0 aliphatic rings. The molecule has 0 aliphatic heterocycles. The predicted molar refractivity (Wildman–Crippen MR) is 79.8 cm³/mol. The highest BCUT2D eigenvalue weighted by molar-refractivity contribution is 7.09. The van der Waals surface area contributed by atoms with Crippen molar-refractivity contribution in [1.29, 1.82) is 0 Å². The maximum Gasteiger partial charge on any atom is 0.119 e. The Morgan fingerprint density at radius 1 is 1.32 bits per heavy atom. The third-order valence-corrected chi connectivity index (χ3v) is 4.03. The molecule has 1 unspecified atom stereocenters. The van der Waals surface area contributed by atoms with Crippen LogP contribution in [0, 0.1) is 13.8 Å². The van der Waals surface area contributed by atoms with Crippen molar-refractivity contribution >= 4 is 11.3 Å². The molecule has 102 valence electrons. The number of hydrogen-bond acceptors (Lipinski definition) is 4. The van der Waals surface area contributed by atoms with Crippen molar-refractivity contribution in [2.45, 2.75) is 33.2 Å². The van der Waals surface area contributed by atoms with Crippen LogP contribution in [0.1, 0.15) is 34.8 Å². The first-order valence-electron chi connectivity index (χ1n) is 6.46. The molecule has 0 amide bonds. The second-order valence-electron chi connectivity index (χ2n) is 4.80. The van der Waals surface area contributed by atoms with Crippen molar-refractivity contribution in [1.82, 2.24) is 4.98 Å². The lowest BCUT2D eigenvalue weighted by atomic mass is 10.1. The minimum Gasteiger partial charge on any atom is -0.493 e. The highest BCUT2D eigenvalue weighted by atomic mass is 32.1. The van der Waals surface area contributed by atoms with Gasteiger partial charge in [-0.2, -0.15) is 0 Å². The van der Waals surface area contributed by atoms with Gasteiger partial charge in [0.05, 0.1) is 17.3 Å². The third kappa shape index (κ3) is 3.78. The van der Waals surface area contributed by atoms with E-state index in [4.69, 9.17) is 10.5 Å². The van der Waals surface area contributed by atoms with Crippen LogP contribution in [0.4, 0.5) is 0 Å². The molecule has 0 radical (unpaired) electrons. The fourth-order valence-corrected chi connectivity index (χ4v) is 2.59. The zero-order chi connectivity index (χ0) is 13.8. The maximum atomic E-state index is 5.79. The molecule has 2 rings (SSSR count). The van der Waals surface area contributed by atoms with Crippen molar-refractivity contribution < 1.29 is 4.74 Å². The Bertz CT molecular complexity index is 549. The summed E-state index contributed by atoms with van der Waals surface area (Å²) in [5.74, 6) is 0.923. The summed E-state index contributed by atoms with van der Waals surface area (Å²) < 4.78 is 5.75. The first-order valence-corrected chi connectivity index (χ1v) is 7.34. The van der Waals surface area contributed by atoms with E-state index in [0.717, 1.165) is 22.9 Å². The van der Waals surface area contributed by atoms with Crippen molar-refractivity contribution in [3.05, 3.63) is 45.4 Å². The lowest BCUT2D eigenvalue weighted by Gasteiger charge is -2.07. The van der Waals surface area contributed by atoms with Gasteiger partial charge in [0.1, 0.15) is 5.75 Å². The number of nitrogens with zero attached hydrogens (tertiary/aromatic N) is 1. The lowest BCUT2D eigenvalue weighted by Crippen LogP contribution is -2.06. The van der Waals surface area contributed by atoms with Crippen LogP contribution < -0.4 is 10.5 Å². The molecule has 2 N–H and O–H groups in total. The van der Waals surface area contributed by atoms with Gasteiger partial charge in [0.25, 0.3) is 0 Å². The summed E-state index contributed by atoms with van der Waals surface area (Å²) in [4.78, 5) is 4.49. The van der Waals surface area contributed by atoms with Crippen molar-refractivity contribution in [2.24, 2.45) is 5.73 Å². The molecule has 0 bridgehead atoms. The van der Waals surface area contributed by atoms with Gasteiger partial charge in [-0.3, -0.25) is 0 Å². The maximum absolute atomic E-state index is 5.79. The minimum atomic E-state index is 0.00525. The van der Waals surface area contributed by atoms with Gasteiger partial charge < -0.3 is 10.5 Å². The molecule has 0 saturated carbocycles. The summed E-state index contributed by atoms with van der Waals surface area (Å²) in [6.45, 7) is 6.79. The molecule has 0 saturated heterocycles. The first kappa shape index (κ1) is 14.0. The summed E-state index contributed by atoms with van der Waals surface area (Å²) in [7, 11) is 0. The SMILES string of the molecule is Cc1ccc(OCCc2nc(C(C)N)cs2)cc1C. The second-order valence-corrected chi connectivity index (χ2v) is 5.74. The van der Waals surface area contributed by atoms with Crippen LogP contribution >= 0.6 is 11.3 Å². The molecule has 1 aromatic heterocycles. The summed E-state index contributed by atoms with van der Waals surface area (Å²) in [6.07, 6.45) is 0.824. The zero-order valence-electron chi connectivity index (χ0n) is 11.6. The van der Waals surface area contributed by atoms with Gasteiger partial charge in [0, 0.05) is 17.8 Å². The second kappa shape index (κ2) is 6.17. The average Bonchev–Trinajstić information content (AvgIpc) is 2.83. The van der Waals surface area contributed by atoms with Gasteiger partial charge in [-0.25, -0.2) is 4.98 Å². The van der Waals surface area contributed by atoms with Crippen LogP contribution in [0.15, 0.2) is 23.6 Å². The van der Waals surface area contributed by atoms with E-state index in [1.54, 1.807) is 11.3 Å². The smallest absolute Gasteiger partial charge is 0.119 e. The number of aromatic nitrogens is 1. The monoisotopic (exact) mass is 276 g/mol. The Hall–Kier alpha value is -1.39. The van der Waals surface area contributed by atoms with Crippen LogP contribution in [0.25, 0.3) is 0 Å². The number of ether oxygens (including phenoxy) is 1. The number of aryl methyl sites for hydroxylation is 2. The topological polar surface area (TPSA) is 48.1 Å². The van der Waals surface area contributed by atoms with E-state index < -0.39 is 0 Å². The van der Waals surface area contributed by atoms with Crippen LogP contribution in [0.2, 0.25) is 0 Å². The molecule has 1 heterocycles. The molecule has 3 nitrogen and oxygen atoms in total. The van der Waals surface area contributed by atoms with E-state index in [0.29, 0.717) is 6.61 Å². The van der Waals surface area contributed by atoms with Crippen LogP contribution in [-0.4, -0.2) is 11.6 Å². The van der Waals surface area contributed by atoms with Gasteiger partial charge in [-0.15, -0.1) is 11.3 Å². The minimum absolute atomic E-state index is 0.00525. The highest BCUT2D eigenvalue weighted by Crippen LogP contribution is 2.18. The van der Waals surface area contributed by atoms with E-state index in [2.05, 4.69) is 31.0 Å². The van der Waals surface area contributed by atoms with Gasteiger partial charge in [-0.1, -0.05) is 6.07 Å². The van der Waals surface area contributed by atoms with Crippen molar-refractivity contribution in [3.8, 4) is 5.75 Å². The molecule has 1 atom stereocenters. The molecule has 2 aromatic rings. The fourth-order valence-electron chi connectivity index (χ4n) is 1.71. The summed E-state index contributed by atoms with van der Waals surface area (Å²) in [6, 6.07) is 6.18. The van der Waals surface area contributed by atoms with Gasteiger partial charge >= 0.3 is 0 Å². The Kier molecular flexibility index (Phi) is 4.56. The Labute approximate surface area is 118 Å². The van der Waals surface area contributed by atoms with Crippen LogP contribution in [0.3, 0.4) is 0 Å². The number of nitrogens with two attached hydrogens (primary N) is 1. The molecular formula is C15H20N2OS. The number of benzene rings is 1. The molecule has 1 aromatic carbocycles. The van der Waals surface area contributed by atoms with Gasteiger partial charge in [-0.05, 0) is 44.0 Å². The Morgan fingerprint density at radius 2 is 2.11 bits per heavy atom. The Balaban J connectivity index is 1.87. The molecule has 4 heteroatoms. The lowest BCUT2D eigenvalue weighted by molar-refractivity contribution is 0.321. The summed E-state index contributed by atoms with van der Waals surface area (Å²) >= 11 is 1.65. The van der Waals surface area contributed by atoms with E-state index in [-0.39, 0.29) is 6.04 Å². The normalized spacial score (nSPS) is 12.4. The average molecular weight is 276 g/mol. The van der Waals surface area contributed by atoms with E-state index in [1.165, 1.54) is 11.1 Å². The highest BCUT2D eigenvalue weighted by Gasteiger charge is 2.06. The van der Waals surface area contributed by atoms with Crippen molar-refractivity contribution in [2.75, 3.05) is 6.61 Å². The largest absolute Gasteiger partial charge is 0.493 e. The summed E-state index contributed by atoms with van der Waals surface area (Å²) in [5.41, 5.74) is 9.30. The predicted octanol–water partition coefficient (Wildman–Crippen LogP) is 3.40. The number of hydrogen-bond donors (Lipinski definition) is 1. The Morgan fingerprint density at radius 3 is 2.74 bits per heavy atom. The summed E-state index contributed by atoms with van der Waals surface area (Å²) in [5, 5.41) is 3.10. The third-order valence-electron chi connectivity index (χ3n) is 3.10. The fraction of sp³-hybridized carbons (Fsp3) is 0.400. The van der Waals surface area contributed by atoms with E-state index in [9.17, 15) is 0 Å². The van der Waals surface area contributed by atoms with E-state index in [1.807, 2.05) is 18.4 Å². The molecule has 0 fully saturated rings. The molecule has 0 spiro atoms. The standard InChI is InChI=1S/C15H20N2OS/c1-10-4-5-13(8-11(10)2)18-7-6-15-17-14(9-19-15)12(3)16/h4-5,8-9,12H,6-7,16H2,1-3H3. The first-order chi connectivity index (χ1) is 9.06. The number of rotatable bonds is 5. The molecular weight excluding hydrogens is 256 g/mol. The van der Waals surface area contributed by atoms with Gasteiger partial charge in [0.15, 0.2) is 0 Å². The van der Waals surface area contributed by atoms with Crippen LogP contribution in [-0.2, 0) is 6.42 Å². The van der Waals surface area contributed by atoms with Crippen molar-refractivity contribution in [3.63, 3.8) is 0 Å². The van der Waals surface area contributed by atoms with Crippen LogP contribution in [0.5, 0.6) is 5.75 Å². The molecule has 19 heavy (non-hydrogen) atoms. The number of thiazole rings is 1. The quantitative estimate of drug-likeness (QED) is 0.910. The zero-order valence-corrected chi connectivity index (χ0v) is 12.5. The van der Waals surface area contributed by atoms with Gasteiger partial charge in [0.2, 0.25) is 0 Å².